The third-order valence-electron chi connectivity index (χ3n) is 1.53. The maximum Gasteiger partial charge on any atom is 0.677 e. The minimum atomic E-state index is -1.60. The Morgan fingerprint density at radius 2 is 2.07 bits per heavy atom. The number of nitrogens with zero attached hydrogens (tertiary/aromatic N) is 2. The molecule has 7 nitrogen and oxygen atoms in total. The minimum absolute atomic E-state index is 0.0838. The lowest BCUT2D eigenvalue weighted by molar-refractivity contribution is -0.413. The molecule has 0 fully saturated rings. The summed E-state index contributed by atoms with van der Waals surface area (Å²) in [5, 5.41) is 10.5. The number of hydrogen-bond donors (Lipinski definition) is 1. The smallest absolute Gasteiger partial charge is 0.292 e. The quantitative estimate of drug-likeness (QED) is 0.448. The largest absolute Gasteiger partial charge is 0.677 e. The molecule has 0 aromatic heterocycles. The first-order valence-corrected chi connectivity index (χ1v) is 4.02. The first-order valence-electron chi connectivity index (χ1n) is 4.02. The van der Waals surface area contributed by atoms with Crippen LogP contribution in [0.15, 0.2) is 30.3 Å². The fourth-order valence-electron chi connectivity index (χ4n) is 0.929. The molecule has 0 spiro atoms. The Balaban J connectivity index is 2.46. The van der Waals surface area contributed by atoms with E-state index in [0.29, 0.717) is 5.17 Å². The topological polar surface area (TPSA) is 98.7 Å². The predicted octanol–water partition coefficient (Wildman–Crippen LogP) is 0.691. The van der Waals surface area contributed by atoms with E-state index in [1.165, 1.54) is 0 Å². The van der Waals surface area contributed by atoms with Gasteiger partial charge >= 0.3 is 6.09 Å². The van der Waals surface area contributed by atoms with E-state index in [9.17, 15) is 14.9 Å². The molecule has 2 N–H and O–H groups in total. The number of hydrazine groups is 1. The van der Waals surface area contributed by atoms with E-state index in [4.69, 9.17) is 5.84 Å². The lowest BCUT2D eigenvalue weighted by atomic mass is 10.2. The summed E-state index contributed by atoms with van der Waals surface area (Å²) in [6.07, 6.45) is -1.60. The van der Waals surface area contributed by atoms with Crippen LogP contribution < -0.4 is 5.84 Å². The third kappa shape index (κ3) is 3.71. The van der Waals surface area contributed by atoms with Gasteiger partial charge in [-0.2, -0.15) is 4.79 Å². The molecule has 0 aliphatic carbocycles. The summed E-state index contributed by atoms with van der Waals surface area (Å²) in [5.41, 5.74) is 0.774. The van der Waals surface area contributed by atoms with Gasteiger partial charge in [0.15, 0.2) is 0 Å². The Hall–Kier alpha value is -1.99. The molecule has 0 unspecified atom stereocenters. The number of nitro groups is 1. The average molecular weight is 211 g/mol. The molecule has 15 heavy (non-hydrogen) atoms. The van der Waals surface area contributed by atoms with E-state index < -0.39 is 11.0 Å². The SMILES string of the molecule is NN(Cc1ccccc1)OC(=O)[N+](=O)[O-]. The molecule has 1 amide bonds. The molecule has 80 valence electrons. The van der Waals surface area contributed by atoms with E-state index >= 15 is 0 Å². The van der Waals surface area contributed by atoms with Gasteiger partial charge in [0, 0.05) is 0 Å². The second-order valence-corrected chi connectivity index (χ2v) is 2.68. The highest BCUT2D eigenvalue weighted by Crippen LogP contribution is 2.01. The molecule has 0 saturated heterocycles. The van der Waals surface area contributed by atoms with E-state index in [1.807, 2.05) is 6.07 Å². The summed E-state index contributed by atoms with van der Waals surface area (Å²) in [7, 11) is 0. The predicted molar refractivity (Wildman–Crippen MR) is 49.6 cm³/mol. The van der Waals surface area contributed by atoms with Crippen molar-refractivity contribution < 1.29 is 14.6 Å². The van der Waals surface area contributed by atoms with E-state index in [0.717, 1.165) is 5.56 Å². The van der Waals surface area contributed by atoms with Crippen LogP contribution in [0.25, 0.3) is 0 Å². The van der Waals surface area contributed by atoms with Crippen molar-refractivity contribution in [2.24, 2.45) is 5.84 Å². The van der Waals surface area contributed by atoms with E-state index in [2.05, 4.69) is 4.84 Å². The van der Waals surface area contributed by atoms with Crippen molar-refractivity contribution in [2.75, 3.05) is 0 Å². The van der Waals surface area contributed by atoms with Crippen LogP contribution in [0.3, 0.4) is 0 Å². The number of hydroxylamine groups is 1. The van der Waals surface area contributed by atoms with Crippen molar-refractivity contribution >= 4 is 6.09 Å². The van der Waals surface area contributed by atoms with Crippen molar-refractivity contribution in [3.8, 4) is 0 Å². The van der Waals surface area contributed by atoms with Gasteiger partial charge in [-0.05, 0) is 5.56 Å². The van der Waals surface area contributed by atoms with Gasteiger partial charge in [-0.25, -0.2) is 5.84 Å². The maximum atomic E-state index is 10.5. The number of nitrogens with two attached hydrogens (primary N) is 1. The number of hydrogen-bond acceptors (Lipinski definition) is 6. The Labute approximate surface area is 85.1 Å². The highest BCUT2D eigenvalue weighted by Gasteiger charge is 2.20. The molecule has 1 aromatic carbocycles. The van der Waals surface area contributed by atoms with Crippen LogP contribution in [0, 0.1) is 10.1 Å². The molecular weight excluding hydrogens is 202 g/mol. The van der Waals surface area contributed by atoms with Gasteiger partial charge < -0.3 is 0 Å². The fraction of sp³-hybridized carbons (Fsp3) is 0.125. The van der Waals surface area contributed by atoms with Crippen LogP contribution in [0.4, 0.5) is 4.79 Å². The summed E-state index contributed by atoms with van der Waals surface area (Å²) >= 11 is 0. The van der Waals surface area contributed by atoms with E-state index in [1.54, 1.807) is 24.3 Å². The molecule has 0 atom stereocenters. The minimum Gasteiger partial charge on any atom is -0.292 e. The summed E-state index contributed by atoms with van der Waals surface area (Å²) in [6.45, 7) is 0.0838. The van der Waals surface area contributed by atoms with Crippen LogP contribution >= 0.6 is 0 Å². The number of benzene rings is 1. The molecule has 1 rings (SSSR count). The lowest BCUT2D eigenvalue weighted by Gasteiger charge is -2.11. The summed E-state index contributed by atoms with van der Waals surface area (Å²) in [4.78, 5) is 23.4. The van der Waals surface area contributed by atoms with Gasteiger partial charge in [0.1, 0.15) is 4.92 Å². The van der Waals surface area contributed by atoms with E-state index in [-0.39, 0.29) is 6.54 Å². The molecule has 0 radical (unpaired) electrons. The molecule has 0 aliphatic rings. The second-order valence-electron chi connectivity index (χ2n) is 2.68. The number of carbonyl (C=O) groups is 1. The normalized spacial score (nSPS) is 10.0. The van der Waals surface area contributed by atoms with Crippen LogP contribution in [0.1, 0.15) is 5.56 Å². The number of amides is 1. The van der Waals surface area contributed by atoms with Crippen molar-refractivity contribution in [3.63, 3.8) is 0 Å². The van der Waals surface area contributed by atoms with Crippen LogP contribution in [-0.4, -0.2) is 16.2 Å². The zero-order chi connectivity index (χ0) is 11.3. The van der Waals surface area contributed by atoms with Crippen molar-refractivity contribution in [3.05, 3.63) is 46.0 Å². The molecule has 0 heterocycles. The Bertz CT molecular complexity index is 354. The molecule has 0 aliphatic heterocycles. The van der Waals surface area contributed by atoms with Gasteiger partial charge in [0.2, 0.25) is 0 Å². The van der Waals surface area contributed by atoms with Crippen molar-refractivity contribution in [2.45, 2.75) is 6.54 Å². The summed E-state index contributed by atoms with van der Waals surface area (Å²) < 4.78 is 0. The first-order chi connectivity index (χ1) is 7.09. The van der Waals surface area contributed by atoms with Crippen LogP contribution in [-0.2, 0) is 11.4 Å². The lowest BCUT2D eigenvalue weighted by Crippen LogP contribution is -2.34. The Kier molecular flexibility index (Phi) is 3.72. The third-order valence-corrected chi connectivity index (χ3v) is 1.53. The first kappa shape index (κ1) is 11.1. The van der Waals surface area contributed by atoms with Gasteiger partial charge in [0.25, 0.3) is 0 Å². The second kappa shape index (κ2) is 5.03. The molecular formula is C8H9N3O4. The zero-order valence-electron chi connectivity index (χ0n) is 7.70. The van der Waals surface area contributed by atoms with Crippen molar-refractivity contribution in [1.82, 2.24) is 5.17 Å². The summed E-state index contributed by atoms with van der Waals surface area (Å²) in [6, 6.07) is 8.87. The number of carbonyl (C=O) groups excluding carboxylic acids is 1. The molecule has 0 saturated carbocycles. The zero-order valence-corrected chi connectivity index (χ0v) is 7.70. The maximum absolute atomic E-state index is 10.5. The van der Waals surface area contributed by atoms with Crippen molar-refractivity contribution in [1.29, 1.82) is 0 Å². The van der Waals surface area contributed by atoms with Gasteiger partial charge in [-0.15, -0.1) is 0 Å². The van der Waals surface area contributed by atoms with Crippen LogP contribution in [0.5, 0.6) is 0 Å². The summed E-state index contributed by atoms with van der Waals surface area (Å²) in [5.74, 6) is 5.23. The highest BCUT2D eigenvalue weighted by molar-refractivity contribution is 5.56. The Morgan fingerprint density at radius 3 is 2.60 bits per heavy atom. The highest BCUT2D eigenvalue weighted by atomic mass is 16.8. The molecule has 7 heteroatoms. The van der Waals surface area contributed by atoms with Gasteiger partial charge in [-0.1, -0.05) is 35.5 Å². The molecule has 0 bridgehead atoms. The fourth-order valence-corrected chi connectivity index (χ4v) is 0.929. The average Bonchev–Trinajstić information content (AvgIpc) is 2.18. The standard InChI is InChI=1S/C8H9N3O4/c9-10(15-8(12)11(13)14)6-7-4-2-1-3-5-7/h1-5H,6,9H2. The van der Waals surface area contributed by atoms with Crippen LogP contribution in [0.2, 0.25) is 0 Å². The van der Waals surface area contributed by atoms with Gasteiger partial charge in [0.05, 0.1) is 6.54 Å². The molecule has 1 aromatic rings. The number of rotatable bonds is 3. The monoisotopic (exact) mass is 211 g/mol. The van der Waals surface area contributed by atoms with Gasteiger partial charge in [-0.3, -0.25) is 15.0 Å². The Morgan fingerprint density at radius 1 is 1.47 bits per heavy atom.